The van der Waals surface area contributed by atoms with Gasteiger partial charge < -0.3 is 4.90 Å². The molecule has 0 aromatic heterocycles. The molecule has 3 N–H and O–H groups in total. The predicted octanol–water partition coefficient (Wildman–Crippen LogP) is 2.30. The number of guanidine groups is 1. The van der Waals surface area contributed by atoms with Gasteiger partial charge in [-0.3, -0.25) is 10.4 Å². The maximum absolute atomic E-state index is 5.67. The first-order valence-corrected chi connectivity index (χ1v) is 7.12. The van der Waals surface area contributed by atoms with E-state index in [0.717, 1.165) is 38.3 Å². The molecule has 0 radical (unpaired) electrons. The molecule has 0 aliphatic carbocycles. The summed E-state index contributed by atoms with van der Waals surface area (Å²) in [6, 6.07) is 8.51. The number of aliphatic imine (C=N–C) groups is 1. The van der Waals surface area contributed by atoms with Crippen LogP contribution in [0.15, 0.2) is 29.3 Å². The maximum Gasteiger partial charge on any atom is 0.212 e. The summed E-state index contributed by atoms with van der Waals surface area (Å²) in [5.41, 5.74) is 5.37. The second kappa shape index (κ2) is 6.57. The van der Waals surface area contributed by atoms with Crippen molar-refractivity contribution in [2.24, 2.45) is 16.8 Å². The summed E-state index contributed by atoms with van der Waals surface area (Å²) < 4.78 is 0. The number of anilines is 1. The molecule has 0 saturated carbocycles. The van der Waals surface area contributed by atoms with E-state index in [-0.39, 0.29) is 0 Å². The van der Waals surface area contributed by atoms with E-state index in [4.69, 9.17) is 5.84 Å². The van der Waals surface area contributed by atoms with E-state index in [1.165, 1.54) is 11.3 Å². The summed E-state index contributed by atoms with van der Waals surface area (Å²) in [6.07, 6.45) is 3.37. The third-order valence-electron chi connectivity index (χ3n) is 3.50. The largest absolute Gasteiger partial charge is 0.311 e. The molecule has 104 valence electrons. The molecule has 1 aliphatic heterocycles. The van der Waals surface area contributed by atoms with Crippen molar-refractivity contribution in [3.63, 3.8) is 0 Å². The van der Waals surface area contributed by atoms with Crippen LogP contribution < -0.4 is 16.2 Å². The smallest absolute Gasteiger partial charge is 0.212 e. The summed E-state index contributed by atoms with van der Waals surface area (Å²) >= 11 is 0. The average Bonchev–Trinajstić information content (AvgIpc) is 2.43. The summed E-state index contributed by atoms with van der Waals surface area (Å²) in [5.74, 6) is 7.06. The number of hydrogen-bond acceptors (Lipinski definition) is 2. The van der Waals surface area contributed by atoms with Crippen molar-refractivity contribution >= 4 is 11.6 Å². The molecule has 1 unspecified atom stereocenters. The van der Waals surface area contributed by atoms with Crippen LogP contribution in [0.4, 0.5) is 5.69 Å². The van der Waals surface area contributed by atoms with Gasteiger partial charge in [-0.2, -0.15) is 0 Å². The standard InChI is InChI=1S/C15H24N4/c1-3-4-9-17-15(18-16)19-11-12(2)10-13-7-5-6-8-14(13)19/h5-8,12H,3-4,9-11,16H2,1-2H3,(H,17,18). The van der Waals surface area contributed by atoms with Gasteiger partial charge in [0, 0.05) is 18.8 Å². The van der Waals surface area contributed by atoms with Gasteiger partial charge in [0.05, 0.1) is 0 Å². The van der Waals surface area contributed by atoms with Crippen molar-refractivity contribution in [3.05, 3.63) is 29.8 Å². The molecule has 4 nitrogen and oxygen atoms in total. The average molecular weight is 260 g/mol. The number of rotatable bonds is 3. The molecule has 1 aromatic rings. The number of nitrogens with two attached hydrogens (primary N) is 1. The molecule has 0 amide bonds. The molecule has 19 heavy (non-hydrogen) atoms. The third-order valence-corrected chi connectivity index (χ3v) is 3.50. The van der Waals surface area contributed by atoms with Crippen molar-refractivity contribution in [2.45, 2.75) is 33.1 Å². The van der Waals surface area contributed by atoms with Crippen molar-refractivity contribution in [1.29, 1.82) is 0 Å². The summed E-state index contributed by atoms with van der Waals surface area (Å²) in [5, 5.41) is 0. The van der Waals surface area contributed by atoms with Gasteiger partial charge in [-0.25, -0.2) is 5.84 Å². The Morgan fingerprint density at radius 1 is 1.47 bits per heavy atom. The van der Waals surface area contributed by atoms with Crippen LogP contribution in [-0.4, -0.2) is 19.0 Å². The van der Waals surface area contributed by atoms with Crippen LogP contribution in [0.2, 0.25) is 0 Å². The Labute approximate surface area is 115 Å². The van der Waals surface area contributed by atoms with Gasteiger partial charge in [-0.15, -0.1) is 0 Å². The number of unbranched alkanes of at least 4 members (excludes halogenated alkanes) is 1. The van der Waals surface area contributed by atoms with E-state index in [9.17, 15) is 0 Å². The molecular weight excluding hydrogens is 236 g/mol. The van der Waals surface area contributed by atoms with Crippen LogP contribution in [0.5, 0.6) is 0 Å². The predicted molar refractivity (Wildman–Crippen MR) is 81.2 cm³/mol. The lowest BCUT2D eigenvalue weighted by atomic mass is 9.94. The van der Waals surface area contributed by atoms with E-state index in [0.29, 0.717) is 5.92 Å². The number of fused-ring (bicyclic) bond motifs is 1. The van der Waals surface area contributed by atoms with Crippen LogP contribution in [0.3, 0.4) is 0 Å². The van der Waals surface area contributed by atoms with Gasteiger partial charge in [0.2, 0.25) is 5.96 Å². The van der Waals surface area contributed by atoms with Gasteiger partial charge in [-0.05, 0) is 30.4 Å². The third kappa shape index (κ3) is 3.26. The summed E-state index contributed by atoms with van der Waals surface area (Å²) in [7, 11) is 0. The minimum atomic E-state index is 0.611. The summed E-state index contributed by atoms with van der Waals surface area (Å²) in [6.45, 7) is 6.22. The van der Waals surface area contributed by atoms with E-state index < -0.39 is 0 Å². The zero-order chi connectivity index (χ0) is 13.7. The first kappa shape index (κ1) is 13.9. The van der Waals surface area contributed by atoms with Gasteiger partial charge in [0.25, 0.3) is 0 Å². The highest BCUT2D eigenvalue weighted by Crippen LogP contribution is 2.29. The normalized spacial score (nSPS) is 19.2. The number of hydrazine groups is 1. The molecule has 1 atom stereocenters. The van der Waals surface area contributed by atoms with Crippen LogP contribution in [-0.2, 0) is 6.42 Å². The Hall–Kier alpha value is -1.55. The monoisotopic (exact) mass is 260 g/mol. The Kier molecular flexibility index (Phi) is 4.80. The Morgan fingerprint density at radius 3 is 3.00 bits per heavy atom. The fourth-order valence-electron chi connectivity index (χ4n) is 2.55. The highest BCUT2D eigenvalue weighted by molar-refractivity contribution is 5.96. The van der Waals surface area contributed by atoms with Gasteiger partial charge in [0.1, 0.15) is 0 Å². The van der Waals surface area contributed by atoms with Gasteiger partial charge in [-0.1, -0.05) is 38.5 Å². The van der Waals surface area contributed by atoms with Crippen LogP contribution in [0.25, 0.3) is 0 Å². The van der Waals surface area contributed by atoms with Crippen molar-refractivity contribution < 1.29 is 0 Å². The van der Waals surface area contributed by atoms with Gasteiger partial charge in [0.15, 0.2) is 0 Å². The molecule has 1 aromatic carbocycles. The quantitative estimate of drug-likeness (QED) is 0.288. The number of para-hydroxylation sites is 1. The number of nitrogens with one attached hydrogen (secondary N) is 1. The highest BCUT2D eigenvalue weighted by atomic mass is 15.4. The fourth-order valence-corrected chi connectivity index (χ4v) is 2.55. The summed E-state index contributed by atoms with van der Waals surface area (Å²) in [4.78, 5) is 6.80. The molecule has 0 bridgehead atoms. The van der Waals surface area contributed by atoms with Crippen LogP contribution in [0.1, 0.15) is 32.3 Å². The first-order chi connectivity index (χ1) is 9.26. The Balaban J connectivity index is 2.25. The molecular formula is C15H24N4. The Morgan fingerprint density at radius 2 is 2.26 bits per heavy atom. The minimum Gasteiger partial charge on any atom is -0.311 e. The first-order valence-electron chi connectivity index (χ1n) is 7.12. The van der Waals surface area contributed by atoms with E-state index in [1.807, 2.05) is 0 Å². The van der Waals surface area contributed by atoms with Crippen LogP contribution >= 0.6 is 0 Å². The molecule has 0 fully saturated rings. The van der Waals surface area contributed by atoms with Crippen molar-refractivity contribution in [2.75, 3.05) is 18.0 Å². The molecule has 2 rings (SSSR count). The SMILES string of the molecule is CCCCN=C(NN)N1CC(C)Cc2ccccc21. The van der Waals surface area contributed by atoms with E-state index in [2.05, 4.69) is 53.4 Å². The van der Waals surface area contributed by atoms with E-state index >= 15 is 0 Å². The number of benzene rings is 1. The van der Waals surface area contributed by atoms with Crippen molar-refractivity contribution in [3.8, 4) is 0 Å². The number of hydrogen-bond donors (Lipinski definition) is 2. The van der Waals surface area contributed by atoms with E-state index in [1.54, 1.807) is 0 Å². The number of nitrogens with zero attached hydrogens (tertiary/aromatic N) is 2. The minimum absolute atomic E-state index is 0.611. The molecule has 1 aliphatic rings. The topological polar surface area (TPSA) is 53.6 Å². The van der Waals surface area contributed by atoms with Gasteiger partial charge >= 0.3 is 0 Å². The molecule has 0 saturated heterocycles. The molecule has 4 heteroatoms. The highest BCUT2D eigenvalue weighted by Gasteiger charge is 2.24. The zero-order valence-corrected chi connectivity index (χ0v) is 11.9. The van der Waals surface area contributed by atoms with Crippen molar-refractivity contribution in [1.82, 2.24) is 5.43 Å². The lowest BCUT2D eigenvalue weighted by Gasteiger charge is -2.34. The second-order valence-corrected chi connectivity index (χ2v) is 5.25. The molecule has 1 heterocycles. The second-order valence-electron chi connectivity index (χ2n) is 5.25. The zero-order valence-electron chi connectivity index (χ0n) is 11.9. The maximum atomic E-state index is 5.67. The fraction of sp³-hybridized carbons (Fsp3) is 0.533. The lowest BCUT2D eigenvalue weighted by Crippen LogP contribution is -2.49. The lowest BCUT2D eigenvalue weighted by molar-refractivity contribution is 0.563. The van der Waals surface area contributed by atoms with Crippen LogP contribution in [0, 0.1) is 5.92 Å². The Bertz CT molecular complexity index is 442. The molecule has 0 spiro atoms.